The first-order valence-electron chi connectivity index (χ1n) is 10.5. The van der Waals surface area contributed by atoms with E-state index in [1.807, 2.05) is 20.8 Å². The number of amides is 1. The summed E-state index contributed by atoms with van der Waals surface area (Å²) in [5.74, 6) is 0.923. The van der Waals surface area contributed by atoms with Gasteiger partial charge in [0.05, 0.1) is 12.1 Å². The lowest BCUT2D eigenvalue weighted by Crippen LogP contribution is -2.44. The average molecular weight is 510 g/mol. The minimum absolute atomic E-state index is 0. The summed E-state index contributed by atoms with van der Waals surface area (Å²) in [5, 5.41) is 6.32. The van der Waals surface area contributed by atoms with Crippen LogP contribution in [0.15, 0.2) is 4.99 Å². The molecule has 2 fully saturated rings. The minimum atomic E-state index is -0.473. The quantitative estimate of drug-likeness (QED) is 0.237. The Balaban J connectivity index is 0.00000392. The molecule has 0 aromatic heterocycles. The third kappa shape index (κ3) is 9.62. The van der Waals surface area contributed by atoms with Crippen LogP contribution in [0.1, 0.15) is 66.2 Å². The van der Waals surface area contributed by atoms with Crippen LogP contribution < -0.4 is 10.6 Å². The number of likely N-dealkylation sites (tertiary alicyclic amines) is 1. The van der Waals surface area contributed by atoms with E-state index in [-0.39, 0.29) is 36.1 Å². The highest BCUT2D eigenvalue weighted by Crippen LogP contribution is 2.20. The van der Waals surface area contributed by atoms with Crippen LogP contribution in [0, 0.1) is 0 Å². The Morgan fingerprint density at radius 2 is 1.93 bits per heavy atom. The van der Waals surface area contributed by atoms with Gasteiger partial charge in [0.1, 0.15) is 5.60 Å². The number of carbonyl (C=O) groups is 1. The second-order valence-electron chi connectivity index (χ2n) is 8.44. The van der Waals surface area contributed by atoms with Crippen LogP contribution in [0.25, 0.3) is 0 Å². The van der Waals surface area contributed by atoms with Gasteiger partial charge in [-0.15, -0.1) is 24.0 Å². The number of aliphatic imine (C=N–C) groups is 1. The molecule has 1 saturated heterocycles. The number of rotatable bonds is 7. The first-order valence-corrected chi connectivity index (χ1v) is 10.5. The van der Waals surface area contributed by atoms with Crippen LogP contribution >= 0.6 is 24.0 Å². The molecule has 1 unspecified atom stereocenters. The van der Waals surface area contributed by atoms with E-state index < -0.39 is 5.60 Å². The number of halogens is 1. The zero-order valence-electron chi connectivity index (χ0n) is 18.0. The molecule has 1 saturated carbocycles. The van der Waals surface area contributed by atoms with Crippen molar-refractivity contribution in [2.24, 2.45) is 4.99 Å². The lowest BCUT2D eigenvalue weighted by molar-refractivity contribution is 0.0506. The third-order valence-electron chi connectivity index (χ3n) is 4.76. The fourth-order valence-corrected chi connectivity index (χ4v) is 3.53. The molecule has 0 aromatic carbocycles. The first kappa shape index (κ1) is 25.3. The van der Waals surface area contributed by atoms with Crippen LogP contribution in [0.4, 0.5) is 4.79 Å². The van der Waals surface area contributed by atoms with Gasteiger partial charge in [-0.3, -0.25) is 4.99 Å². The Bertz CT molecular complexity index is 490. The average Bonchev–Trinajstić information content (AvgIpc) is 3.23. The first-order chi connectivity index (χ1) is 12.9. The summed E-state index contributed by atoms with van der Waals surface area (Å²) in [4.78, 5) is 18.9. The van der Waals surface area contributed by atoms with E-state index in [0.29, 0.717) is 6.10 Å². The topological polar surface area (TPSA) is 75.2 Å². The molecule has 1 amide bonds. The fourth-order valence-electron chi connectivity index (χ4n) is 3.53. The van der Waals surface area contributed by atoms with Crippen LogP contribution in [0.5, 0.6) is 0 Å². The maximum absolute atomic E-state index is 12.0. The summed E-state index contributed by atoms with van der Waals surface area (Å²) in [5.41, 5.74) is -0.473. The van der Waals surface area contributed by atoms with E-state index in [0.717, 1.165) is 51.6 Å². The third-order valence-corrected chi connectivity index (χ3v) is 4.76. The Kier molecular flexibility index (Phi) is 11.5. The molecule has 0 aromatic rings. The molecule has 164 valence electrons. The second-order valence-corrected chi connectivity index (χ2v) is 8.44. The van der Waals surface area contributed by atoms with Crippen molar-refractivity contribution in [3.8, 4) is 0 Å². The Morgan fingerprint density at radius 1 is 1.21 bits per heavy atom. The number of guanidine groups is 1. The molecule has 0 bridgehead atoms. The largest absolute Gasteiger partial charge is 0.444 e. The van der Waals surface area contributed by atoms with Crippen molar-refractivity contribution in [1.29, 1.82) is 0 Å². The van der Waals surface area contributed by atoms with Crippen molar-refractivity contribution in [2.75, 3.05) is 32.8 Å². The zero-order chi connectivity index (χ0) is 19.7. The molecule has 2 aliphatic rings. The SMILES string of the molecule is CCNC(=NCCCOC1CCCC1)N1CCC(NC(=O)OC(C)(C)C)C1.I. The highest BCUT2D eigenvalue weighted by Gasteiger charge is 2.27. The van der Waals surface area contributed by atoms with E-state index in [1.54, 1.807) is 0 Å². The van der Waals surface area contributed by atoms with Crippen LogP contribution in [-0.2, 0) is 9.47 Å². The maximum Gasteiger partial charge on any atom is 0.407 e. The van der Waals surface area contributed by atoms with Crippen molar-refractivity contribution in [1.82, 2.24) is 15.5 Å². The van der Waals surface area contributed by atoms with Gasteiger partial charge < -0.3 is 25.0 Å². The summed E-state index contributed by atoms with van der Waals surface area (Å²) >= 11 is 0. The molecule has 7 nitrogen and oxygen atoms in total. The molecule has 0 spiro atoms. The number of alkyl carbamates (subject to hydrolysis) is 1. The van der Waals surface area contributed by atoms with Gasteiger partial charge in [-0.1, -0.05) is 12.8 Å². The van der Waals surface area contributed by atoms with Crippen molar-refractivity contribution in [3.63, 3.8) is 0 Å². The van der Waals surface area contributed by atoms with Gasteiger partial charge in [-0.25, -0.2) is 4.79 Å². The van der Waals surface area contributed by atoms with Gasteiger partial charge in [-0.2, -0.15) is 0 Å². The van der Waals surface area contributed by atoms with Gasteiger partial charge in [0, 0.05) is 32.8 Å². The van der Waals surface area contributed by atoms with E-state index in [2.05, 4.69) is 22.5 Å². The molecule has 1 aliphatic heterocycles. The predicted molar refractivity (Wildman–Crippen MR) is 124 cm³/mol. The van der Waals surface area contributed by atoms with E-state index >= 15 is 0 Å². The summed E-state index contributed by atoms with van der Waals surface area (Å²) in [7, 11) is 0. The van der Waals surface area contributed by atoms with E-state index in [9.17, 15) is 4.79 Å². The van der Waals surface area contributed by atoms with Crippen molar-refractivity contribution >= 4 is 36.0 Å². The summed E-state index contributed by atoms with van der Waals surface area (Å²) in [6.45, 7) is 11.7. The molecule has 1 aliphatic carbocycles. The summed E-state index contributed by atoms with van der Waals surface area (Å²) in [6.07, 6.45) is 7.01. The van der Waals surface area contributed by atoms with Crippen LogP contribution in [0.2, 0.25) is 0 Å². The minimum Gasteiger partial charge on any atom is -0.444 e. The molecular weight excluding hydrogens is 471 g/mol. The molecule has 2 rings (SSSR count). The van der Waals surface area contributed by atoms with Gasteiger partial charge >= 0.3 is 6.09 Å². The lowest BCUT2D eigenvalue weighted by Gasteiger charge is -2.23. The highest BCUT2D eigenvalue weighted by molar-refractivity contribution is 14.0. The number of ether oxygens (including phenoxy) is 2. The Labute approximate surface area is 187 Å². The van der Waals surface area contributed by atoms with Gasteiger partial charge in [0.2, 0.25) is 0 Å². The molecule has 1 heterocycles. The number of nitrogens with zero attached hydrogens (tertiary/aromatic N) is 2. The van der Waals surface area contributed by atoms with Crippen molar-refractivity contribution < 1.29 is 14.3 Å². The number of carbonyl (C=O) groups excluding carboxylic acids is 1. The maximum atomic E-state index is 12.0. The summed E-state index contributed by atoms with van der Waals surface area (Å²) < 4.78 is 11.3. The van der Waals surface area contributed by atoms with E-state index in [1.165, 1.54) is 25.7 Å². The van der Waals surface area contributed by atoms with Gasteiger partial charge in [0.15, 0.2) is 5.96 Å². The molecule has 0 radical (unpaired) electrons. The van der Waals surface area contributed by atoms with Gasteiger partial charge in [0.25, 0.3) is 0 Å². The molecule has 2 N–H and O–H groups in total. The smallest absolute Gasteiger partial charge is 0.407 e. The lowest BCUT2D eigenvalue weighted by atomic mass is 10.2. The predicted octanol–water partition coefficient (Wildman–Crippen LogP) is 3.52. The van der Waals surface area contributed by atoms with Crippen LogP contribution in [-0.4, -0.2) is 67.5 Å². The Morgan fingerprint density at radius 3 is 2.57 bits per heavy atom. The second kappa shape index (κ2) is 12.7. The highest BCUT2D eigenvalue weighted by atomic mass is 127. The fraction of sp³-hybridized carbons (Fsp3) is 0.900. The molecule has 28 heavy (non-hydrogen) atoms. The normalized spacial score (nSPS) is 20.8. The van der Waals surface area contributed by atoms with Crippen molar-refractivity contribution in [2.45, 2.75) is 84.0 Å². The number of nitrogens with one attached hydrogen (secondary N) is 2. The van der Waals surface area contributed by atoms with Crippen molar-refractivity contribution in [3.05, 3.63) is 0 Å². The number of hydrogen-bond donors (Lipinski definition) is 2. The molecular formula is C20H39IN4O3. The Hall–Kier alpha value is -0.770. The van der Waals surface area contributed by atoms with E-state index in [4.69, 9.17) is 14.5 Å². The summed E-state index contributed by atoms with van der Waals surface area (Å²) in [6, 6.07) is 0.0920. The zero-order valence-corrected chi connectivity index (χ0v) is 20.3. The molecule has 1 atom stereocenters. The molecule has 8 heteroatoms. The van der Waals surface area contributed by atoms with Crippen LogP contribution in [0.3, 0.4) is 0 Å². The van der Waals surface area contributed by atoms with Gasteiger partial charge in [-0.05, 0) is 53.4 Å². The standard InChI is InChI=1S/C20H38N4O3.HI/c1-5-21-18(22-12-8-14-26-17-9-6-7-10-17)24-13-11-16(15-24)23-19(25)27-20(2,3)4;/h16-17H,5-15H2,1-4H3,(H,21,22)(H,23,25);1H. The number of hydrogen-bond acceptors (Lipinski definition) is 4. The monoisotopic (exact) mass is 510 g/mol.